The summed E-state index contributed by atoms with van der Waals surface area (Å²) >= 11 is 0. The number of hydrogen-bond acceptors (Lipinski definition) is 4. The fourth-order valence-electron chi connectivity index (χ4n) is 3.61. The molecular formula is C20H29FN2O3. The Morgan fingerprint density at radius 2 is 2.08 bits per heavy atom. The summed E-state index contributed by atoms with van der Waals surface area (Å²) in [5, 5.41) is 3.05. The molecule has 1 N–H and O–H groups in total. The van der Waals surface area contributed by atoms with Crippen LogP contribution in [0.1, 0.15) is 38.5 Å². The van der Waals surface area contributed by atoms with Crippen LogP contribution >= 0.6 is 0 Å². The number of carbonyl (C=O) groups is 1. The first-order chi connectivity index (χ1) is 12.7. The first-order valence-electron chi connectivity index (χ1n) is 9.72. The van der Waals surface area contributed by atoms with Gasteiger partial charge in [0, 0.05) is 25.5 Å². The lowest BCUT2D eigenvalue weighted by Gasteiger charge is -2.32. The predicted octanol–water partition coefficient (Wildman–Crippen LogP) is 2.74. The number of halogens is 1. The molecule has 2 aliphatic heterocycles. The molecular weight excluding hydrogens is 335 g/mol. The van der Waals surface area contributed by atoms with Crippen LogP contribution in [0.5, 0.6) is 5.75 Å². The SMILES string of the molecule is O=C(CCN1CCCCCC1)NC1COCCC1Oc1cccc(F)c1. The maximum Gasteiger partial charge on any atom is 0.221 e. The highest BCUT2D eigenvalue weighted by Gasteiger charge is 2.29. The molecule has 144 valence electrons. The summed E-state index contributed by atoms with van der Waals surface area (Å²) in [7, 11) is 0. The van der Waals surface area contributed by atoms with Gasteiger partial charge in [0.05, 0.1) is 19.3 Å². The third-order valence-electron chi connectivity index (χ3n) is 5.08. The second-order valence-electron chi connectivity index (χ2n) is 7.16. The van der Waals surface area contributed by atoms with Gasteiger partial charge in [-0.1, -0.05) is 18.9 Å². The van der Waals surface area contributed by atoms with Gasteiger partial charge in [-0.05, 0) is 38.1 Å². The highest BCUT2D eigenvalue weighted by molar-refractivity contribution is 5.76. The van der Waals surface area contributed by atoms with Gasteiger partial charge in [-0.15, -0.1) is 0 Å². The van der Waals surface area contributed by atoms with Gasteiger partial charge in [0.25, 0.3) is 0 Å². The van der Waals surface area contributed by atoms with E-state index >= 15 is 0 Å². The molecule has 26 heavy (non-hydrogen) atoms. The fraction of sp³-hybridized carbons (Fsp3) is 0.650. The zero-order valence-electron chi connectivity index (χ0n) is 15.3. The van der Waals surface area contributed by atoms with Crippen molar-refractivity contribution in [2.24, 2.45) is 0 Å². The maximum atomic E-state index is 13.4. The molecule has 2 atom stereocenters. The van der Waals surface area contributed by atoms with Crippen molar-refractivity contribution in [2.75, 3.05) is 32.8 Å². The van der Waals surface area contributed by atoms with Gasteiger partial charge >= 0.3 is 0 Å². The fourth-order valence-corrected chi connectivity index (χ4v) is 3.61. The molecule has 0 spiro atoms. The van der Waals surface area contributed by atoms with Gasteiger partial charge in [0.1, 0.15) is 17.7 Å². The summed E-state index contributed by atoms with van der Waals surface area (Å²) < 4.78 is 24.8. The number of ether oxygens (including phenoxy) is 2. The third kappa shape index (κ3) is 5.95. The smallest absolute Gasteiger partial charge is 0.221 e. The van der Waals surface area contributed by atoms with Crippen molar-refractivity contribution < 1.29 is 18.7 Å². The first-order valence-corrected chi connectivity index (χ1v) is 9.72. The van der Waals surface area contributed by atoms with Gasteiger partial charge < -0.3 is 19.7 Å². The molecule has 2 saturated heterocycles. The van der Waals surface area contributed by atoms with Crippen LogP contribution in [0.25, 0.3) is 0 Å². The van der Waals surface area contributed by atoms with E-state index in [9.17, 15) is 9.18 Å². The number of likely N-dealkylation sites (tertiary alicyclic amines) is 1. The van der Waals surface area contributed by atoms with Crippen molar-refractivity contribution in [3.8, 4) is 5.75 Å². The average Bonchev–Trinajstić information content (AvgIpc) is 2.91. The number of nitrogens with one attached hydrogen (secondary N) is 1. The second-order valence-corrected chi connectivity index (χ2v) is 7.16. The van der Waals surface area contributed by atoms with E-state index < -0.39 is 0 Å². The van der Waals surface area contributed by atoms with E-state index in [0.29, 0.717) is 31.8 Å². The number of amides is 1. The van der Waals surface area contributed by atoms with E-state index in [1.807, 2.05) is 0 Å². The Hall–Kier alpha value is -1.66. The lowest BCUT2D eigenvalue weighted by Crippen LogP contribution is -2.52. The van der Waals surface area contributed by atoms with Gasteiger partial charge in [-0.3, -0.25) is 4.79 Å². The summed E-state index contributed by atoms with van der Waals surface area (Å²) in [6.45, 7) is 3.99. The van der Waals surface area contributed by atoms with Crippen molar-refractivity contribution in [2.45, 2.75) is 50.7 Å². The Bertz CT molecular complexity index is 576. The number of hydrogen-bond donors (Lipinski definition) is 1. The average molecular weight is 364 g/mol. The normalized spacial score (nSPS) is 24.7. The monoisotopic (exact) mass is 364 g/mol. The van der Waals surface area contributed by atoms with Crippen LogP contribution in [0.4, 0.5) is 4.39 Å². The van der Waals surface area contributed by atoms with E-state index in [2.05, 4.69) is 10.2 Å². The molecule has 0 bridgehead atoms. The lowest BCUT2D eigenvalue weighted by atomic mass is 10.1. The Kier molecular flexibility index (Phi) is 7.26. The van der Waals surface area contributed by atoms with Crippen molar-refractivity contribution >= 4 is 5.91 Å². The summed E-state index contributed by atoms with van der Waals surface area (Å²) in [6, 6.07) is 5.91. The number of nitrogens with zero attached hydrogens (tertiary/aromatic N) is 1. The summed E-state index contributed by atoms with van der Waals surface area (Å²) in [5.41, 5.74) is 0. The molecule has 2 unspecified atom stereocenters. The molecule has 3 rings (SSSR count). The first kappa shape index (κ1) is 19.1. The molecule has 0 radical (unpaired) electrons. The Labute approximate surface area is 154 Å². The molecule has 1 aromatic carbocycles. The largest absolute Gasteiger partial charge is 0.488 e. The molecule has 6 heteroatoms. The van der Waals surface area contributed by atoms with Gasteiger partial charge in [-0.2, -0.15) is 0 Å². The van der Waals surface area contributed by atoms with E-state index in [4.69, 9.17) is 9.47 Å². The minimum absolute atomic E-state index is 0.0255. The Balaban J connectivity index is 1.48. The second kappa shape index (κ2) is 9.88. The molecule has 1 amide bonds. The van der Waals surface area contributed by atoms with E-state index in [1.165, 1.54) is 37.8 Å². The highest BCUT2D eigenvalue weighted by Crippen LogP contribution is 2.19. The minimum atomic E-state index is -0.326. The van der Waals surface area contributed by atoms with E-state index in [-0.39, 0.29) is 23.9 Å². The third-order valence-corrected chi connectivity index (χ3v) is 5.08. The van der Waals surface area contributed by atoms with Gasteiger partial charge in [0.2, 0.25) is 5.91 Å². The number of benzene rings is 1. The lowest BCUT2D eigenvalue weighted by molar-refractivity contribution is -0.124. The van der Waals surface area contributed by atoms with Crippen LogP contribution in [-0.4, -0.2) is 55.8 Å². The molecule has 5 nitrogen and oxygen atoms in total. The molecule has 2 heterocycles. The predicted molar refractivity (Wildman–Crippen MR) is 97.7 cm³/mol. The molecule has 0 aliphatic carbocycles. The number of carbonyl (C=O) groups excluding carboxylic acids is 1. The topological polar surface area (TPSA) is 50.8 Å². The van der Waals surface area contributed by atoms with Crippen molar-refractivity contribution in [1.29, 1.82) is 0 Å². The van der Waals surface area contributed by atoms with Crippen LogP contribution < -0.4 is 10.1 Å². The standard InChI is InChI=1S/C20H29FN2O3/c21-16-6-5-7-17(14-16)26-19-9-13-25-15-18(19)22-20(24)8-12-23-10-3-1-2-4-11-23/h5-7,14,18-19H,1-4,8-13,15H2,(H,22,24). The molecule has 2 aliphatic rings. The van der Waals surface area contributed by atoms with Crippen LogP contribution in [0, 0.1) is 5.82 Å². The maximum absolute atomic E-state index is 13.4. The van der Waals surface area contributed by atoms with Crippen LogP contribution in [0.2, 0.25) is 0 Å². The highest BCUT2D eigenvalue weighted by atomic mass is 19.1. The quantitative estimate of drug-likeness (QED) is 0.843. The summed E-state index contributed by atoms with van der Waals surface area (Å²) in [4.78, 5) is 14.8. The molecule has 0 saturated carbocycles. The van der Waals surface area contributed by atoms with E-state index in [0.717, 1.165) is 19.6 Å². The van der Waals surface area contributed by atoms with Crippen LogP contribution in [0.15, 0.2) is 24.3 Å². The Morgan fingerprint density at radius 1 is 1.27 bits per heavy atom. The van der Waals surface area contributed by atoms with Crippen LogP contribution in [-0.2, 0) is 9.53 Å². The molecule has 1 aromatic rings. The number of rotatable bonds is 6. The summed E-state index contributed by atoms with van der Waals surface area (Å²) in [6.07, 6.45) is 6.00. The van der Waals surface area contributed by atoms with Crippen molar-refractivity contribution in [3.05, 3.63) is 30.1 Å². The van der Waals surface area contributed by atoms with Gasteiger partial charge in [0.15, 0.2) is 0 Å². The zero-order valence-corrected chi connectivity index (χ0v) is 15.3. The van der Waals surface area contributed by atoms with Crippen molar-refractivity contribution in [1.82, 2.24) is 10.2 Å². The minimum Gasteiger partial charge on any atom is -0.488 e. The van der Waals surface area contributed by atoms with Gasteiger partial charge in [-0.25, -0.2) is 4.39 Å². The molecule has 2 fully saturated rings. The Morgan fingerprint density at radius 3 is 2.85 bits per heavy atom. The zero-order chi connectivity index (χ0) is 18.2. The van der Waals surface area contributed by atoms with Crippen LogP contribution in [0.3, 0.4) is 0 Å². The molecule has 0 aromatic heterocycles. The van der Waals surface area contributed by atoms with Crippen molar-refractivity contribution in [3.63, 3.8) is 0 Å². The van der Waals surface area contributed by atoms with E-state index in [1.54, 1.807) is 12.1 Å². The summed E-state index contributed by atoms with van der Waals surface area (Å²) in [5.74, 6) is 0.186.